The zero-order valence-electron chi connectivity index (χ0n) is 7.10. The Balaban J connectivity index is 2.02. The second-order valence-corrected chi connectivity index (χ2v) is 2.83. The van der Waals surface area contributed by atoms with E-state index in [4.69, 9.17) is 0 Å². The number of anilines is 1. The van der Waals surface area contributed by atoms with Gasteiger partial charge in [0, 0.05) is 25.4 Å². The standard InChI is InChI=1S/C8H10N4O/c13-7-3-1-6-12(7)11-8-9-4-2-5-10-8/h2,4-5H,1,3,6H2,(H,9,10,11). The van der Waals surface area contributed by atoms with E-state index in [0.717, 1.165) is 13.0 Å². The van der Waals surface area contributed by atoms with Gasteiger partial charge in [0.1, 0.15) is 0 Å². The average Bonchev–Trinajstić information content (AvgIpc) is 2.54. The minimum absolute atomic E-state index is 0.104. The van der Waals surface area contributed by atoms with Crippen molar-refractivity contribution in [2.24, 2.45) is 0 Å². The molecule has 0 radical (unpaired) electrons. The first-order chi connectivity index (χ1) is 6.36. The van der Waals surface area contributed by atoms with Crippen LogP contribution in [0.25, 0.3) is 0 Å². The molecule has 0 aromatic carbocycles. The highest BCUT2D eigenvalue weighted by Gasteiger charge is 2.20. The van der Waals surface area contributed by atoms with Crippen molar-refractivity contribution in [2.45, 2.75) is 12.8 Å². The van der Waals surface area contributed by atoms with Gasteiger partial charge in [0.05, 0.1) is 0 Å². The molecule has 1 aromatic heterocycles. The van der Waals surface area contributed by atoms with Crippen LogP contribution in [0, 0.1) is 0 Å². The molecule has 5 heteroatoms. The molecule has 0 bridgehead atoms. The maximum Gasteiger partial charge on any atom is 0.241 e. The van der Waals surface area contributed by atoms with Crippen LogP contribution < -0.4 is 5.43 Å². The van der Waals surface area contributed by atoms with Crippen molar-refractivity contribution >= 4 is 11.9 Å². The zero-order chi connectivity index (χ0) is 9.10. The fraction of sp³-hybridized carbons (Fsp3) is 0.375. The van der Waals surface area contributed by atoms with Gasteiger partial charge >= 0.3 is 0 Å². The normalized spacial score (nSPS) is 16.3. The Morgan fingerprint density at radius 3 is 2.77 bits per heavy atom. The molecule has 0 unspecified atom stereocenters. The molecule has 1 aromatic rings. The zero-order valence-corrected chi connectivity index (χ0v) is 7.10. The van der Waals surface area contributed by atoms with Crippen molar-refractivity contribution in [3.8, 4) is 0 Å². The van der Waals surface area contributed by atoms with Crippen LogP contribution in [-0.4, -0.2) is 27.4 Å². The molecule has 5 nitrogen and oxygen atoms in total. The largest absolute Gasteiger partial charge is 0.273 e. The minimum Gasteiger partial charge on any atom is -0.273 e. The Morgan fingerprint density at radius 1 is 1.38 bits per heavy atom. The summed E-state index contributed by atoms with van der Waals surface area (Å²) in [7, 11) is 0. The minimum atomic E-state index is 0.104. The highest BCUT2D eigenvalue weighted by Crippen LogP contribution is 2.09. The number of hydrogen-bond acceptors (Lipinski definition) is 4. The Hall–Kier alpha value is -1.65. The van der Waals surface area contributed by atoms with Gasteiger partial charge in [-0.1, -0.05) is 0 Å². The molecule has 1 saturated heterocycles. The van der Waals surface area contributed by atoms with Crippen molar-refractivity contribution in [2.75, 3.05) is 12.0 Å². The number of aromatic nitrogens is 2. The van der Waals surface area contributed by atoms with Crippen LogP contribution in [0.2, 0.25) is 0 Å². The fourth-order valence-corrected chi connectivity index (χ4v) is 1.24. The summed E-state index contributed by atoms with van der Waals surface area (Å²) in [6, 6.07) is 1.73. The van der Waals surface area contributed by atoms with E-state index in [-0.39, 0.29) is 5.91 Å². The Morgan fingerprint density at radius 2 is 2.15 bits per heavy atom. The van der Waals surface area contributed by atoms with E-state index in [1.54, 1.807) is 23.5 Å². The first-order valence-electron chi connectivity index (χ1n) is 4.20. The van der Waals surface area contributed by atoms with Crippen molar-refractivity contribution in [1.29, 1.82) is 0 Å². The number of carbonyl (C=O) groups is 1. The molecule has 1 fully saturated rings. The monoisotopic (exact) mass is 178 g/mol. The van der Waals surface area contributed by atoms with Gasteiger partial charge in [-0.2, -0.15) is 0 Å². The van der Waals surface area contributed by atoms with Crippen LogP contribution in [0.3, 0.4) is 0 Å². The molecule has 68 valence electrons. The highest BCUT2D eigenvalue weighted by molar-refractivity contribution is 5.79. The van der Waals surface area contributed by atoms with Crippen LogP contribution >= 0.6 is 0 Å². The molecule has 1 aliphatic heterocycles. The second kappa shape index (κ2) is 3.38. The van der Waals surface area contributed by atoms with E-state index in [1.807, 2.05) is 0 Å². The third-order valence-electron chi connectivity index (χ3n) is 1.87. The van der Waals surface area contributed by atoms with Gasteiger partial charge in [-0.3, -0.25) is 15.2 Å². The number of nitrogens with one attached hydrogen (secondary N) is 1. The maximum atomic E-state index is 11.2. The summed E-state index contributed by atoms with van der Waals surface area (Å²) >= 11 is 0. The number of nitrogens with zero attached hydrogens (tertiary/aromatic N) is 3. The lowest BCUT2D eigenvalue weighted by Gasteiger charge is -2.15. The molecular weight excluding hydrogens is 168 g/mol. The number of hydrazine groups is 1. The topological polar surface area (TPSA) is 58.1 Å². The number of rotatable bonds is 2. The summed E-state index contributed by atoms with van der Waals surface area (Å²) in [5, 5.41) is 1.55. The number of hydrogen-bond donors (Lipinski definition) is 1. The van der Waals surface area contributed by atoms with Gasteiger partial charge in [-0.25, -0.2) is 9.97 Å². The quantitative estimate of drug-likeness (QED) is 0.713. The van der Waals surface area contributed by atoms with E-state index in [0.29, 0.717) is 12.4 Å². The maximum absolute atomic E-state index is 11.2. The van der Waals surface area contributed by atoms with Crippen molar-refractivity contribution in [1.82, 2.24) is 15.0 Å². The SMILES string of the molecule is O=C1CCCN1Nc1ncccn1. The van der Waals surface area contributed by atoms with Crippen LogP contribution in [-0.2, 0) is 4.79 Å². The summed E-state index contributed by atoms with van der Waals surface area (Å²) < 4.78 is 0. The first-order valence-corrected chi connectivity index (χ1v) is 4.20. The van der Waals surface area contributed by atoms with Crippen LogP contribution in [0.5, 0.6) is 0 Å². The summed E-state index contributed by atoms with van der Waals surface area (Å²) in [5.74, 6) is 0.574. The molecule has 1 amide bonds. The molecule has 0 spiro atoms. The Labute approximate surface area is 75.8 Å². The predicted octanol–water partition coefficient (Wildman–Crippen LogP) is 0.426. The van der Waals surface area contributed by atoms with E-state index in [2.05, 4.69) is 15.4 Å². The van der Waals surface area contributed by atoms with Crippen molar-refractivity contribution in [3.05, 3.63) is 18.5 Å². The lowest BCUT2D eigenvalue weighted by Crippen LogP contribution is -2.31. The van der Waals surface area contributed by atoms with E-state index in [9.17, 15) is 4.79 Å². The van der Waals surface area contributed by atoms with Crippen molar-refractivity contribution < 1.29 is 4.79 Å². The van der Waals surface area contributed by atoms with Gasteiger partial charge in [0.2, 0.25) is 11.9 Å². The summed E-state index contributed by atoms with van der Waals surface area (Å²) in [6.07, 6.45) is 4.78. The average molecular weight is 178 g/mol. The third-order valence-corrected chi connectivity index (χ3v) is 1.87. The lowest BCUT2D eigenvalue weighted by atomic mass is 10.4. The van der Waals surface area contributed by atoms with Crippen LogP contribution in [0.15, 0.2) is 18.5 Å². The van der Waals surface area contributed by atoms with Crippen LogP contribution in [0.4, 0.5) is 5.95 Å². The molecule has 2 heterocycles. The predicted molar refractivity (Wildman–Crippen MR) is 46.6 cm³/mol. The third kappa shape index (κ3) is 1.74. The van der Waals surface area contributed by atoms with E-state index in [1.165, 1.54) is 0 Å². The molecule has 1 N–H and O–H groups in total. The van der Waals surface area contributed by atoms with Gasteiger partial charge in [0.15, 0.2) is 0 Å². The van der Waals surface area contributed by atoms with Gasteiger partial charge in [0.25, 0.3) is 0 Å². The van der Waals surface area contributed by atoms with Crippen LogP contribution in [0.1, 0.15) is 12.8 Å². The van der Waals surface area contributed by atoms with Gasteiger partial charge < -0.3 is 0 Å². The number of amides is 1. The molecular formula is C8H10N4O. The molecule has 2 rings (SSSR count). The Kier molecular flexibility index (Phi) is 2.08. The molecule has 0 aliphatic carbocycles. The van der Waals surface area contributed by atoms with Crippen molar-refractivity contribution in [3.63, 3.8) is 0 Å². The smallest absolute Gasteiger partial charge is 0.241 e. The molecule has 0 atom stereocenters. The summed E-state index contributed by atoms with van der Waals surface area (Å²) in [5.41, 5.74) is 2.85. The highest BCUT2D eigenvalue weighted by atomic mass is 16.2. The second-order valence-electron chi connectivity index (χ2n) is 2.83. The first kappa shape index (κ1) is 7.97. The van der Waals surface area contributed by atoms with E-state index < -0.39 is 0 Å². The molecule has 0 saturated carbocycles. The van der Waals surface area contributed by atoms with E-state index >= 15 is 0 Å². The Bertz CT molecular complexity index is 300. The number of carbonyl (C=O) groups excluding carboxylic acids is 1. The summed E-state index contributed by atoms with van der Waals surface area (Å²) in [4.78, 5) is 19.1. The van der Waals surface area contributed by atoms with Gasteiger partial charge in [-0.05, 0) is 12.5 Å². The fourth-order valence-electron chi connectivity index (χ4n) is 1.24. The molecule has 1 aliphatic rings. The lowest BCUT2D eigenvalue weighted by molar-refractivity contribution is -0.126. The summed E-state index contributed by atoms with van der Waals surface area (Å²) in [6.45, 7) is 0.733. The van der Waals surface area contributed by atoms with Gasteiger partial charge in [-0.15, -0.1) is 0 Å². The molecule has 13 heavy (non-hydrogen) atoms.